The third kappa shape index (κ3) is 2.96. The summed E-state index contributed by atoms with van der Waals surface area (Å²) in [6.45, 7) is 4.45. The van der Waals surface area contributed by atoms with Crippen LogP contribution in [0.4, 0.5) is 0 Å². The molecule has 0 bridgehead atoms. The second-order valence-electron chi connectivity index (χ2n) is 6.96. The number of piperazine rings is 1. The molecule has 0 aliphatic carbocycles. The zero-order chi connectivity index (χ0) is 18.4. The van der Waals surface area contributed by atoms with E-state index in [4.69, 9.17) is 4.42 Å². The SMILES string of the molecule is C[NH+]1CC[NH+]([C@H](c2cccs2)c2sc3nc(-c4ccco4)nn3c2O)CC1. The van der Waals surface area contributed by atoms with Crippen LogP contribution >= 0.6 is 22.7 Å². The third-order valence-corrected chi connectivity index (χ3v) is 7.21. The number of thiazole rings is 1. The lowest BCUT2D eigenvalue weighted by atomic mass is 10.1. The number of rotatable bonds is 4. The van der Waals surface area contributed by atoms with Crippen LogP contribution in [0.3, 0.4) is 0 Å². The monoisotopic (exact) mass is 403 g/mol. The Kier molecular flexibility index (Phi) is 4.24. The van der Waals surface area contributed by atoms with Crippen LogP contribution in [0.2, 0.25) is 0 Å². The predicted molar refractivity (Wildman–Crippen MR) is 104 cm³/mol. The summed E-state index contributed by atoms with van der Waals surface area (Å²) in [5.74, 6) is 1.29. The number of thiophene rings is 1. The van der Waals surface area contributed by atoms with E-state index in [1.807, 2.05) is 6.07 Å². The van der Waals surface area contributed by atoms with Gasteiger partial charge in [0.25, 0.3) is 0 Å². The predicted octanol–water partition coefficient (Wildman–Crippen LogP) is 0.321. The van der Waals surface area contributed by atoms with Gasteiger partial charge >= 0.3 is 0 Å². The molecular weight excluding hydrogens is 382 g/mol. The standard InChI is InChI=1S/C18H19N5O2S2/c1-21-6-8-22(9-7-21)14(13-5-3-11-26-13)15-17(24)23-18(27-15)19-16(20-23)12-4-2-10-25-12/h2-5,10-11,14,24H,6-9H2,1H3/p+2/t14-/m1/s1. The zero-order valence-corrected chi connectivity index (χ0v) is 16.5. The number of hydrogen-bond acceptors (Lipinski definition) is 6. The summed E-state index contributed by atoms with van der Waals surface area (Å²) in [6.07, 6.45) is 1.60. The molecule has 1 aliphatic rings. The molecule has 4 aromatic rings. The van der Waals surface area contributed by atoms with Crippen molar-refractivity contribution in [3.63, 3.8) is 0 Å². The normalized spacial score (nSPS) is 21.7. The molecule has 5 rings (SSSR count). The van der Waals surface area contributed by atoms with Gasteiger partial charge in [-0.25, -0.2) is 0 Å². The van der Waals surface area contributed by atoms with Crippen molar-refractivity contribution in [3.05, 3.63) is 45.7 Å². The van der Waals surface area contributed by atoms with Crippen LogP contribution in [0.5, 0.6) is 5.88 Å². The number of nitrogens with zero attached hydrogens (tertiary/aromatic N) is 3. The number of hydrogen-bond donors (Lipinski definition) is 3. The lowest BCUT2D eigenvalue weighted by molar-refractivity contribution is -1.02. The highest BCUT2D eigenvalue weighted by atomic mass is 32.1. The smallest absolute Gasteiger partial charge is 0.235 e. The van der Waals surface area contributed by atoms with Gasteiger partial charge in [0.2, 0.25) is 16.7 Å². The Morgan fingerprint density at radius 1 is 1.22 bits per heavy atom. The van der Waals surface area contributed by atoms with Crippen LogP contribution in [0.25, 0.3) is 16.5 Å². The van der Waals surface area contributed by atoms with Crippen molar-refractivity contribution in [1.82, 2.24) is 14.6 Å². The highest BCUT2D eigenvalue weighted by molar-refractivity contribution is 7.17. The molecular formula is C18H21N5O2S2+2. The van der Waals surface area contributed by atoms with E-state index >= 15 is 0 Å². The van der Waals surface area contributed by atoms with Crippen LogP contribution in [0.15, 0.2) is 40.3 Å². The minimum absolute atomic E-state index is 0.124. The molecule has 1 atom stereocenters. The van der Waals surface area contributed by atoms with Gasteiger partial charge in [0, 0.05) is 0 Å². The van der Waals surface area contributed by atoms with Crippen LogP contribution in [0, 0.1) is 0 Å². The molecule has 1 aliphatic heterocycles. The van der Waals surface area contributed by atoms with E-state index in [0.29, 0.717) is 16.5 Å². The zero-order valence-electron chi connectivity index (χ0n) is 14.9. The van der Waals surface area contributed by atoms with Crippen molar-refractivity contribution in [2.75, 3.05) is 33.2 Å². The summed E-state index contributed by atoms with van der Waals surface area (Å²) >= 11 is 3.27. The van der Waals surface area contributed by atoms with Gasteiger partial charge in [-0.05, 0) is 23.6 Å². The summed E-state index contributed by atoms with van der Waals surface area (Å²) in [5.41, 5.74) is 0. The molecule has 3 N–H and O–H groups in total. The summed E-state index contributed by atoms with van der Waals surface area (Å²) in [4.78, 5) is 10.5. The topological polar surface area (TPSA) is 72.4 Å². The van der Waals surface area contributed by atoms with Gasteiger partial charge in [-0.3, -0.25) is 0 Å². The molecule has 0 saturated carbocycles. The van der Waals surface area contributed by atoms with Gasteiger partial charge in [0.15, 0.2) is 11.8 Å². The number of likely N-dealkylation sites (N-methyl/N-ethyl adjacent to an activating group) is 1. The molecule has 0 amide bonds. The van der Waals surface area contributed by atoms with Gasteiger partial charge in [-0.15, -0.1) is 16.4 Å². The first-order valence-electron chi connectivity index (χ1n) is 9.02. The van der Waals surface area contributed by atoms with E-state index in [9.17, 15) is 5.11 Å². The molecule has 0 unspecified atom stereocenters. The van der Waals surface area contributed by atoms with Gasteiger partial charge in [-0.2, -0.15) is 9.50 Å². The van der Waals surface area contributed by atoms with Gasteiger partial charge in [0.05, 0.1) is 18.2 Å². The number of quaternary nitrogens is 2. The first-order valence-corrected chi connectivity index (χ1v) is 10.7. The van der Waals surface area contributed by atoms with Crippen LogP contribution in [0.1, 0.15) is 15.8 Å². The summed E-state index contributed by atoms with van der Waals surface area (Å²) in [7, 11) is 2.24. The molecule has 0 aromatic carbocycles. The van der Waals surface area contributed by atoms with E-state index in [2.05, 4.69) is 34.6 Å². The van der Waals surface area contributed by atoms with Crippen molar-refractivity contribution in [3.8, 4) is 17.5 Å². The lowest BCUT2D eigenvalue weighted by Gasteiger charge is -2.32. The molecule has 7 nitrogen and oxygen atoms in total. The Morgan fingerprint density at radius 2 is 2.07 bits per heavy atom. The fraction of sp³-hybridized carbons (Fsp3) is 0.333. The molecule has 0 radical (unpaired) electrons. The fourth-order valence-electron chi connectivity index (χ4n) is 3.71. The molecule has 9 heteroatoms. The Bertz CT molecular complexity index is 1030. The van der Waals surface area contributed by atoms with Gasteiger partial charge < -0.3 is 19.3 Å². The molecule has 4 aromatic heterocycles. The van der Waals surface area contributed by atoms with E-state index in [0.717, 1.165) is 31.1 Å². The van der Waals surface area contributed by atoms with Crippen LogP contribution in [-0.4, -0.2) is 52.9 Å². The maximum atomic E-state index is 11.0. The third-order valence-electron chi connectivity index (χ3n) is 5.19. The van der Waals surface area contributed by atoms with E-state index < -0.39 is 0 Å². The highest BCUT2D eigenvalue weighted by Gasteiger charge is 2.36. The average Bonchev–Trinajstić information content (AvgIpc) is 3.44. The Balaban J connectivity index is 1.56. The molecule has 1 fully saturated rings. The quantitative estimate of drug-likeness (QED) is 0.459. The molecule has 27 heavy (non-hydrogen) atoms. The van der Waals surface area contributed by atoms with Crippen molar-refractivity contribution in [2.45, 2.75) is 6.04 Å². The number of aromatic nitrogens is 3. The van der Waals surface area contributed by atoms with Crippen LogP contribution < -0.4 is 9.80 Å². The van der Waals surface area contributed by atoms with Crippen molar-refractivity contribution < 1.29 is 19.3 Å². The Labute approximate surface area is 164 Å². The molecule has 140 valence electrons. The maximum absolute atomic E-state index is 11.0. The molecule has 5 heterocycles. The second kappa shape index (κ2) is 6.75. The minimum Gasteiger partial charge on any atom is -0.492 e. The van der Waals surface area contributed by atoms with Crippen molar-refractivity contribution in [1.29, 1.82) is 0 Å². The number of nitrogens with one attached hydrogen (secondary N) is 2. The lowest BCUT2D eigenvalue weighted by Crippen LogP contribution is -3.27. The first-order chi connectivity index (χ1) is 13.2. The molecule has 0 spiro atoms. The van der Waals surface area contributed by atoms with Gasteiger partial charge in [-0.1, -0.05) is 17.4 Å². The second-order valence-corrected chi connectivity index (χ2v) is 8.95. The Hall–Kier alpha value is -2.20. The van der Waals surface area contributed by atoms with Crippen LogP contribution in [-0.2, 0) is 0 Å². The first kappa shape index (κ1) is 16.9. The molecule has 1 saturated heterocycles. The van der Waals surface area contributed by atoms with Gasteiger partial charge in [0.1, 0.15) is 31.1 Å². The summed E-state index contributed by atoms with van der Waals surface area (Å²) < 4.78 is 6.92. The van der Waals surface area contributed by atoms with E-state index in [1.54, 1.807) is 33.1 Å². The Morgan fingerprint density at radius 3 is 2.74 bits per heavy atom. The summed E-state index contributed by atoms with van der Waals surface area (Å²) in [6, 6.07) is 8.00. The van der Waals surface area contributed by atoms with Crippen molar-refractivity contribution >= 4 is 27.6 Å². The maximum Gasteiger partial charge on any atom is 0.235 e. The highest BCUT2D eigenvalue weighted by Crippen LogP contribution is 2.37. The minimum atomic E-state index is 0.124. The van der Waals surface area contributed by atoms with E-state index in [1.165, 1.54) is 21.1 Å². The van der Waals surface area contributed by atoms with Crippen molar-refractivity contribution in [2.24, 2.45) is 0 Å². The largest absolute Gasteiger partial charge is 0.492 e. The fourth-order valence-corrected chi connectivity index (χ4v) is 5.80. The number of furan rings is 1. The number of aromatic hydroxyl groups is 1. The van der Waals surface area contributed by atoms with E-state index in [-0.39, 0.29) is 11.9 Å². The number of fused-ring (bicyclic) bond motifs is 1. The average molecular weight is 404 g/mol. The summed E-state index contributed by atoms with van der Waals surface area (Å²) in [5, 5.41) is 17.5.